The van der Waals surface area contributed by atoms with Crippen LogP contribution in [-0.4, -0.2) is 61.9 Å². The van der Waals surface area contributed by atoms with Gasteiger partial charge in [-0.25, -0.2) is 25.3 Å². The second-order valence-electron chi connectivity index (χ2n) is 12.4. The van der Waals surface area contributed by atoms with E-state index in [1.54, 1.807) is 60.7 Å². The quantitative estimate of drug-likeness (QED) is 0.122. The van der Waals surface area contributed by atoms with Crippen molar-refractivity contribution in [3.05, 3.63) is 147 Å². The molecule has 5 aromatic rings. The summed E-state index contributed by atoms with van der Waals surface area (Å²) < 4.78 is 107. The Morgan fingerprint density at radius 1 is 0.456 bits per heavy atom. The van der Waals surface area contributed by atoms with Crippen LogP contribution < -0.4 is 16.2 Å². The molecule has 0 fully saturated rings. The van der Waals surface area contributed by atoms with Crippen molar-refractivity contribution in [3.8, 4) is 11.1 Å². The number of nitrogens with zero attached hydrogens (tertiary/aromatic N) is 2. The van der Waals surface area contributed by atoms with Crippen molar-refractivity contribution in [3.63, 3.8) is 0 Å². The lowest BCUT2D eigenvalue weighted by molar-refractivity contribution is 0.105. The molecule has 0 saturated heterocycles. The smallest absolute Gasteiger partial charge is 0.215 e. The highest BCUT2D eigenvalue weighted by atomic mass is 32.2. The van der Waals surface area contributed by atoms with E-state index in [9.17, 15) is 48.5 Å². The molecule has 5 aromatic carbocycles. The van der Waals surface area contributed by atoms with Gasteiger partial charge in [0.15, 0.2) is 0 Å². The average Bonchev–Trinajstić information content (AvgIpc) is 3.16. The summed E-state index contributed by atoms with van der Waals surface area (Å²) in [6.07, 6.45) is 1.88. The SMILES string of the molecule is O=C1C(=NNc2ccc(-c3ccc(NN=C4C(=O)c5ccc(S(=O)(=O)[O-])cc5C=C4S(=O)(=O)[O-])cc3)cc2)C(S(=O)(=O)[O-])=Cc2cc(Nc3ccccc3)ccc21. The third-order valence-electron chi connectivity index (χ3n) is 8.62. The van der Waals surface area contributed by atoms with Crippen molar-refractivity contribution < 1.29 is 48.5 Å². The van der Waals surface area contributed by atoms with Crippen LogP contribution in [0, 0.1) is 0 Å². The van der Waals surface area contributed by atoms with Crippen LogP contribution in [-0.2, 0) is 30.4 Å². The maximum atomic E-state index is 13.4. The monoisotopic (exact) mass is 822 g/mol. The molecule has 0 aromatic heterocycles. The zero-order chi connectivity index (χ0) is 40.7. The molecular weight excluding hydrogens is 799 g/mol. The topological polar surface area (TPSA) is 267 Å². The molecule has 0 saturated carbocycles. The van der Waals surface area contributed by atoms with Gasteiger partial charge in [0.1, 0.15) is 41.8 Å². The highest BCUT2D eigenvalue weighted by Crippen LogP contribution is 2.31. The van der Waals surface area contributed by atoms with Gasteiger partial charge in [0.2, 0.25) is 11.6 Å². The van der Waals surface area contributed by atoms with Gasteiger partial charge in [-0.1, -0.05) is 42.5 Å². The number of anilines is 4. The largest absolute Gasteiger partial charge is 0.744 e. The summed E-state index contributed by atoms with van der Waals surface area (Å²) >= 11 is 0. The number of rotatable bonds is 10. The summed E-state index contributed by atoms with van der Waals surface area (Å²) in [6.45, 7) is 0. The number of benzene rings is 5. The van der Waals surface area contributed by atoms with E-state index in [1.165, 1.54) is 6.07 Å². The first-order valence-electron chi connectivity index (χ1n) is 16.3. The minimum Gasteiger partial charge on any atom is -0.744 e. The lowest BCUT2D eigenvalue weighted by Crippen LogP contribution is -2.27. The number of ketones is 2. The van der Waals surface area contributed by atoms with Crippen LogP contribution in [0.25, 0.3) is 23.3 Å². The molecule has 16 nitrogen and oxygen atoms in total. The summed E-state index contributed by atoms with van der Waals surface area (Å²) in [6, 6.07) is 29.5. The van der Waals surface area contributed by atoms with Crippen LogP contribution in [0.2, 0.25) is 0 Å². The van der Waals surface area contributed by atoms with E-state index >= 15 is 0 Å². The number of hydrogen-bond acceptors (Lipinski definition) is 16. The summed E-state index contributed by atoms with van der Waals surface area (Å²) in [5.41, 5.74) is 7.16. The molecule has 57 heavy (non-hydrogen) atoms. The molecule has 2 aliphatic carbocycles. The Balaban J connectivity index is 1.06. The van der Waals surface area contributed by atoms with Crippen molar-refractivity contribution in [1.82, 2.24) is 0 Å². The van der Waals surface area contributed by atoms with Gasteiger partial charge >= 0.3 is 0 Å². The first-order valence-corrected chi connectivity index (χ1v) is 20.6. The Bertz CT molecular complexity index is 2960. The number of carbonyl (C=O) groups excluding carboxylic acids is 2. The average molecular weight is 823 g/mol. The molecule has 2 aliphatic rings. The first kappa shape index (κ1) is 38.7. The Hall–Kier alpha value is -6.61. The maximum Gasteiger partial charge on any atom is 0.215 e. The number of hydrazone groups is 2. The van der Waals surface area contributed by atoms with Gasteiger partial charge in [0.25, 0.3) is 0 Å². The molecule has 0 radical (unpaired) electrons. The third kappa shape index (κ3) is 8.33. The lowest BCUT2D eigenvalue weighted by atomic mass is 9.94. The van der Waals surface area contributed by atoms with Gasteiger partial charge < -0.3 is 19.0 Å². The first-order chi connectivity index (χ1) is 27.0. The minimum atomic E-state index is -5.28. The minimum absolute atomic E-state index is 0.152. The van der Waals surface area contributed by atoms with E-state index in [1.807, 2.05) is 30.3 Å². The van der Waals surface area contributed by atoms with E-state index in [0.717, 1.165) is 36.0 Å². The van der Waals surface area contributed by atoms with Crippen LogP contribution in [0.15, 0.2) is 140 Å². The Kier molecular flexibility index (Phi) is 10.0. The molecule has 0 bridgehead atoms. The van der Waals surface area contributed by atoms with Gasteiger partial charge in [-0.05, 0) is 107 Å². The Morgan fingerprint density at radius 2 is 0.895 bits per heavy atom. The standard InChI is InChI=1S/C38H27N5O11S3/c44-37-31-16-14-29(39-26-4-2-1-3-5-26)18-24(31)20-33(56(49,50)51)35(37)42-40-27-10-6-22(7-11-27)23-8-12-28(13-9-23)41-43-36-34(57(52,53)54)21-25-19-30(55(46,47)48)15-17-32(25)38(36)45/h1-21,39-41H,(H,46,47,48)(H,49,50,51)(H,52,53,54)/p-3. The van der Waals surface area contributed by atoms with Crippen LogP contribution >= 0.6 is 0 Å². The Morgan fingerprint density at radius 3 is 1.35 bits per heavy atom. The summed E-state index contributed by atoms with van der Waals surface area (Å²) in [5, 5.41) is 11.0. The van der Waals surface area contributed by atoms with E-state index in [-0.39, 0.29) is 27.9 Å². The summed E-state index contributed by atoms with van der Waals surface area (Å²) in [7, 11) is -15.3. The number of Topliss-reactive ketones (excluding diaryl/α,β-unsaturated/α-hetero) is 2. The number of nitrogens with one attached hydrogen (secondary N) is 3. The number of allylic oxidation sites excluding steroid dienone is 2. The molecule has 0 aliphatic heterocycles. The molecule has 19 heteroatoms. The molecule has 7 rings (SSSR count). The molecule has 0 heterocycles. The summed E-state index contributed by atoms with van der Waals surface area (Å²) in [4.78, 5) is 24.0. The third-order valence-corrected chi connectivity index (χ3v) is 11.2. The molecule has 0 atom stereocenters. The summed E-state index contributed by atoms with van der Waals surface area (Å²) in [5.74, 6) is -1.76. The fourth-order valence-electron chi connectivity index (χ4n) is 5.88. The predicted molar refractivity (Wildman–Crippen MR) is 209 cm³/mol. The van der Waals surface area contributed by atoms with Gasteiger partial charge in [0, 0.05) is 22.5 Å². The predicted octanol–water partition coefficient (Wildman–Crippen LogP) is 5.10. The van der Waals surface area contributed by atoms with Gasteiger partial charge in [-0.2, -0.15) is 10.2 Å². The molecular formula is C38H24N5O11S3-3. The zero-order valence-corrected chi connectivity index (χ0v) is 31.2. The lowest BCUT2D eigenvalue weighted by Gasteiger charge is -2.21. The normalized spacial score (nSPS) is 15.7. The second kappa shape index (κ2) is 14.8. The van der Waals surface area contributed by atoms with Crippen molar-refractivity contribution in [2.75, 3.05) is 16.2 Å². The molecule has 3 N–H and O–H groups in total. The van der Waals surface area contributed by atoms with Gasteiger partial charge in [-0.15, -0.1) is 0 Å². The van der Waals surface area contributed by atoms with E-state index in [2.05, 4.69) is 26.4 Å². The van der Waals surface area contributed by atoms with Crippen molar-refractivity contribution in [2.45, 2.75) is 4.90 Å². The van der Waals surface area contributed by atoms with E-state index < -0.39 is 68.0 Å². The number of para-hydroxylation sites is 1. The van der Waals surface area contributed by atoms with Crippen LogP contribution in [0.4, 0.5) is 22.7 Å². The number of fused-ring (bicyclic) bond motifs is 2. The van der Waals surface area contributed by atoms with Crippen LogP contribution in [0.1, 0.15) is 31.8 Å². The maximum absolute atomic E-state index is 13.4. The Labute approximate surface area is 325 Å². The highest BCUT2D eigenvalue weighted by molar-refractivity contribution is 7.91. The molecule has 0 unspecified atom stereocenters. The zero-order valence-electron chi connectivity index (χ0n) is 28.7. The van der Waals surface area contributed by atoms with Crippen LogP contribution in [0.3, 0.4) is 0 Å². The van der Waals surface area contributed by atoms with Gasteiger partial charge in [-0.3, -0.25) is 20.4 Å². The van der Waals surface area contributed by atoms with E-state index in [0.29, 0.717) is 22.5 Å². The highest BCUT2D eigenvalue weighted by Gasteiger charge is 2.31. The number of carbonyl (C=O) groups is 2. The number of hydrogen-bond donors (Lipinski definition) is 3. The van der Waals surface area contributed by atoms with Crippen molar-refractivity contribution in [2.24, 2.45) is 10.2 Å². The van der Waals surface area contributed by atoms with Crippen LogP contribution in [0.5, 0.6) is 0 Å². The van der Waals surface area contributed by atoms with Crippen molar-refractivity contribution >= 4 is 88.2 Å². The molecule has 0 spiro atoms. The van der Waals surface area contributed by atoms with E-state index in [4.69, 9.17) is 0 Å². The fourth-order valence-corrected chi connectivity index (χ4v) is 7.68. The fraction of sp³-hybridized carbons (Fsp3) is 0. The second-order valence-corrected chi connectivity index (χ2v) is 16.5. The molecule has 0 amide bonds. The van der Waals surface area contributed by atoms with Crippen molar-refractivity contribution in [1.29, 1.82) is 0 Å². The van der Waals surface area contributed by atoms with Gasteiger partial charge in [0.05, 0.1) is 26.1 Å². The molecule has 288 valence electrons.